The molecule has 0 bridgehead atoms. The molecule has 0 spiro atoms. The minimum Gasteiger partial charge on any atom is -0.481 e. The monoisotopic (exact) mass is 374 g/mol. The number of amides is 1. The van der Waals surface area contributed by atoms with Crippen LogP contribution in [0.3, 0.4) is 0 Å². The van der Waals surface area contributed by atoms with Crippen LogP contribution in [0.1, 0.15) is 6.92 Å². The lowest BCUT2D eigenvalue weighted by atomic mass is 10.1. The molecule has 2 heterocycles. The lowest BCUT2D eigenvalue weighted by Crippen LogP contribution is -2.54. The normalized spacial score (nSPS) is 21.0. The Labute approximate surface area is 146 Å². The van der Waals surface area contributed by atoms with Crippen molar-refractivity contribution in [1.82, 2.24) is 4.90 Å². The molecule has 2 aliphatic rings. The third-order valence-corrected chi connectivity index (χ3v) is 4.39. The molecule has 26 heavy (non-hydrogen) atoms. The van der Waals surface area contributed by atoms with E-state index in [2.05, 4.69) is 5.32 Å². The fourth-order valence-corrected chi connectivity index (χ4v) is 3.18. The number of ether oxygens (including phenoxy) is 1. The van der Waals surface area contributed by atoms with Gasteiger partial charge in [-0.15, -0.1) is 0 Å². The van der Waals surface area contributed by atoms with Gasteiger partial charge in [-0.2, -0.15) is 13.2 Å². The summed E-state index contributed by atoms with van der Waals surface area (Å²) in [6.07, 6.45) is -4.30. The lowest BCUT2D eigenvalue weighted by Gasteiger charge is -2.41. The fraction of sp³-hybridized carbons (Fsp3) is 0.533. The van der Waals surface area contributed by atoms with Crippen LogP contribution in [0.4, 0.5) is 30.2 Å². The molecule has 1 unspecified atom stereocenters. The van der Waals surface area contributed by atoms with Gasteiger partial charge in [-0.05, 0) is 13.0 Å². The second-order valence-electron chi connectivity index (χ2n) is 6.31. The summed E-state index contributed by atoms with van der Waals surface area (Å²) < 4.78 is 43.1. The number of hydrogen-bond acceptors (Lipinski definition) is 6. The van der Waals surface area contributed by atoms with Gasteiger partial charge in [-0.3, -0.25) is 19.8 Å². The number of nitro benzene ring substituents is 1. The molecule has 142 valence electrons. The fourth-order valence-electron chi connectivity index (χ4n) is 3.18. The van der Waals surface area contributed by atoms with Crippen LogP contribution >= 0.6 is 0 Å². The minimum atomic E-state index is -4.30. The van der Waals surface area contributed by atoms with Crippen molar-refractivity contribution in [2.24, 2.45) is 0 Å². The highest BCUT2D eigenvalue weighted by Crippen LogP contribution is 2.40. The number of alkyl halides is 3. The predicted octanol–water partition coefficient (Wildman–Crippen LogP) is 2.00. The minimum absolute atomic E-state index is 0.123. The summed E-state index contributed by atoms with van der Waals surface area (Å²) in [5.74, 6) is -0.176. The maximum absolute atomic E-state index is 12.6. The number of rotatable bonds is 3. The van der Waals surface area contributed by atoms with E-state index in [1.54, 1.807) is 11.8 Å². The number of halogens is 3. The Morgan fingerprint density at radius 3 is 2.73 bits per heavy atom. The van der Waals surface area contributed by atoms with E-state index in [0.717, 1.165) is 0 Å². The van der Waals surface area contributed by atoms with Gasteiger partial charge >= 0.3 is 6.18 Å². The van der Waals surface area contributed by atoms with E-state index in [4.69, 9.17) is 4.74 Å². The van der Waals surface area contributed by atoms with E-state index in [1.807, 2.05) is 0 Å². The van der Waals surface area contributed by atoms with Crippen LogP contribution in [-0.2, 0) is 4.79 Å². The van der Waals surface area contributed by atoms with Gasteiger partial charge in [0.2, 0.25) is 0 Å². The van der Waals surface area contributed by atoms with Gasteiger partial charge in [-0.25, -0.2) is 0 Å². The summed E-state index contributed by atoms with van der Waals surface area (Å²) in [6.45, 7) is 0.930. The number of benzene rings is 1. The first-order valence-corrected chi connectivity index (χ1v) is 7.95. The standard InChI is InChI=1S/C15H17F3N4O4/c1-9-6-20(2-3-21(9)8-15(16,17)18)11-4-10-13(5-12(11)22(24)25)26-7-14(23)19-10/h4-5,9H,2-3,6-8H2,1H3,(H,19,23). The number of nitrogens with zero attached hydrogens (tertiary/aromatic N) is 3. The van der Waals surface area contributed by atoms with Crippen molar-refractivity contribution in [3.63, 3.8) is 0 Å². The molecule has 0 radical (unpaired) electrons. The van der Waals surface area contributed by atoms with Crippen molar-refractivity contribution in [1.29, 1.82) is 0 Å². The van der Waals surface area contributed by atoms with Gasteiger partial charge in [0.05, 0.1) is 23.2 Å². The van der Waals surface area contributed by atoms with Gasteiger partial charge in [0.1, 0.15) is 5.69 Å². The largest absolute Gasteiger partial charge is 0.481 e. The van der Waals surface area contributed by atoms with E-state index < -0.39 is 23.7 Å². The van der Waals surface area contributed by atoms with Crippen molar-refractivity contribution >= 4 is 23.0 Å². The summed E-state index contributed by atoms with van der Waals surface area (Å²) >= 11 is 0. The molecule has 0 aliphatic carbocycles. The topological polar surface area (TPSA) is 88.0 Å². The van der Waals surface area contributed by atoms with Crippen LogP contribution in [-0.4, -0.2) is 60.7 Å². The molecule has 1 saturated heterocycles. The van der Waals surface area contributed by atoms with Crippen molar-refractivity contribution in [2.75, 3.05) is 43.0 Å². The number of anilines is 2. The zero-order valence-corrected chi connectivity index (χ0v) is 13.9. The van der Waals surface area contributed by atoms with Crippen molar-refractivity contribution < 1.29 is 27.6 Å². The van der Waals surface area contributed by atoms with E-state index in [-0.39, 0.29) is 49.3 Å². The molecule has 0 saturated carbocycles. The Bertz CT molecular complexity index is 740. The highest BCUT2D eigenvalue weighted by atomic mass is 19.4. The number of fused-ring (bicyclic) bond motifs is 1. The first-order valence-electron chi connectivity index (χ1n) is 7.95. The van der Waals surface area contributed by atoms with Gasteiger partial charge < -0.3 is 15.0 Å². The molecule has 3 rings (SSSR count). The Kier molecular flexibility index (Phi) is 4.65. The second-order valence-corrected chi connectivity index (χ2v) is 6.31. The Hall–Kier alpha value is -2.56. The Morgan fingerprint density at radius 2 is 2.12 bits per heavy atom. The van der Waals surface area contributed by atoms with E-state index >= 15 is 0 Å². The van der Waals surface area contributed by atoms with Gasteiger partial charge in [0.15, 0.2) is 12.4 Å². The SMILES string of the molecule is CC1CN(c2cc3c(cc2[N+](=O)[O-])OCC(=O)N3)CCN1CC(F)(F)F. The van der Waals surface area contributed by atoms with Crippen LogP contribution in [0.25, 0.3) is 0 Å². The van der Waals surface area contributed by atoms with E-state index in [9.17, 15) is 28.1 Å². The van der Waals surface area contributed by atoms with Crippen LogP contribution in [0.2, 0.25) is 0 Å². The number of nitro groups is 1. The Morgan fingerprint density at radius 1 is 1.38 bits per heavy atom. The van der Waals surface area contributed by atoms with Crippen molar-refractivity contribution in [3.8, 4) is 5.75 Å². The summed E-state index contributed by atoms with van der Waals surface area (Å²) in [6, 6.07) is 2.24. The highest BCUT2D eigenvalue weighted by Gasteiger charge is 2.36. The smallest absolute Gasteiger partial charge is 0.401 e. The molecule has 1 aromatic rings. The average molecular weight is 374 g/mol. The lowest BCUT2D eigenvalue weighted by molar-refractivity contribution is -0.384. The van der Waals surface area contributed by atoms with Gasteiger partial charge in [0, 0.05) is 25.7 Å². The number of nitrogens with one attached hydrogen (secondary N) is 1. The van der Waals surface area contributed by atoms with Crippen LogP contribution in [0.5, 0.6) is 5.75 Å². The zero-order chi connectivity index (χ0) is 19.1. The predicted molar refractivity (Wildman–Crippen MR) is 86.5 cm³/mol. The molecule has 8 nitrogen and oxygen atoms in total. The first kappa shape index (κ1) is 18.2. The molecule has 1 aromatic carbocycles. The third-order valence-electron chi connectivity index (χ3n) is 4.39. The summed E-state index contributed by atoms with van der Waals surface area (Å²) in [5, 5.41) is 14.0. The van der Waals surface area contributed by atoms with Gasteiger partial charge in [-0.1, -0.05) is 0 Å². The first-order chi connectivity index (χ1) is 12.1. The van der Waals surface area contributed by atoms with Crippen molar-refractivity contribution in [3.05, 3.63) is 22.2 Å². The molecular weight excluding hydrogens is 357 g/mol. The number of carbonyl (C=O) groups is 1. The van der Waals surface area contributed by atoms with E-state index in [0.29, 0.717) is 5.69 Å². The van der Waals surface area contributed by atoms with E-state index in [1.165, 1.54) is 17.0 Å². The molecule has 11 heteroatoms. The molecule has 1 amide bonds. The third kappa shape index (κ3) is 3.82. The number of hydrogen-bond donors (Lipinski definition) is 1. The van der Waals surface area contributed by atoms with Crippen LogP contribution < -0.4 is 15.0 Å². The molecule has 2 aliphatic heterocycles. The molecule has 0 aromatic heterocycles. The van der Waals surface area contributed by atoms with Crippen LogP contribution in [0, 0.1) is 10.1 Å². The van der Waals surface area contributed by atoms with Crippen molar-refractivity contribution in [2.45, 2.75) is 19.1 Å². The number of piperazine rings is 1. The molecule has 1 fully saturated rings. The molecule has 1 N–H and O–H groups in total. The second kappa shape index (κ2) is 6.63. The summed E-state index contributed by atoms with van der Waals surface area (Å²) in [4.78, 5) is 25.3. The number of carbonyl (C=O) groups excluding carboxylic acids is 1. The van der Waals surface area contributed by atoms with Crippen LogP contribution in [0.15, 0.2) is 12.1 Å². The maximum atomic E-state index is 12.6. The van der Waals surface area contributed by atoms with Gasteiger partial charge in [0.25, 0.3) is 11.6 Å². The molecular formula is C15H17F3N4O4. The molecule has 1 atom stereocenters. The summed E-state index contributed by atoms with van der Waals surface area (Å²) in [7, 11) is 0. The average Bonchev–Trinajstić information content (AvgIpc) is 2.54. The highest BCUT2D eigenvalue weighted by molar-refractivity contribution is 5.97. The summed E-state index contributed by atoms with van der Waals surface area (Å²) in [5.41, 5.74) is 0.349. The zero-order valence-electron chi connectivity index (χ0n) is 13.9. The Balaban J connectivity index is 1.86. The maximum Gasteiger partial charge on any atom is 0.401 e. The quantitative estimate of drug-likeness (QED) is 0.643.